The van der Waals surface area contributed by atoms with Crippen LogP contribution in [0.1, 0.15) is 5.56 Å². The van der Waals surface area contributed by atoms with Gasteiger partial charge in [-0.05, 0) is 45.1 Å². The molecule has 1 aliphatic heterocycles. The number of sulfonamides is 1. The second-order valence-corrected chi connectivity index (χ2v) is 8.54. The molecule has 0 bridgehead atoms. The van der Waals surface area contributed by atoms with Crippen molar-refractivity contribution < 1.29 is 17.9 Å². The van der Waals surface area contributed by atoms with Crippen molar-refractivity contribution in [2.75, 3.05) is 18.5 Å². The van der Waals surface area contributed by atoms with Gasteiger partial charge < -0.3 is 9.47 Å². The molecule has 3 aromatic rings. The smallest absolute Gasteiger partial charge is 0.265 e. The van der Waals surface area contributed by atoms with Crippen molar-refractivity contribution >= 4 is 42.4 Å². The van der Waals surface area contributed by atoms with Gasteiger partial charge in [0.15, 0.2) is 11.5 Å². The first kappa shape index (κ1) is 17.2. The maximum Gasteiger partial charge on any atom is 0.265 e. The van der Waals surface area contributed by atoms with E-state index >= 15 is 0 Å². The lowest BCUT2D eigenvalue weighted by Gasteiger charge is -2.21. The summed E-state index contributed by atoms with van der Waals surface area (Å²) in [6.45, 7) is 0.192. The molecule has 1 aliphatic rings. The molecule has 3 aromatic carbocycles. The highest BCUT2D eigenvalue weighted by Gasteiger charge is 2.36. The highest BCUT2D eigenvalue weighted by Crippen LogP contribution is 2.44. The van der Waals surface area contributed by atoms with Crippen molar-refractivity contribution in [1.29, 1.82) is 0 Å². The van der Waals surface area contributed by atoms with Crippen molar-refractivity contribution in [1.82, 2.24) is 0 Å². The van der Waals surface area contributed by atoms with E-state index in [0.717, 1.165) is 16.3 Å². The van der Waals surface area contributed by atoms with Gasteiger partial charge in [0.2, 0.25) is 0 Å². The minimum atomic E-state index is -3.61. The van der Waals surface area contributed by atoms with E-state index in [1.807, 2.05) is 30.3 Å². The maximum atomic E-state index is 13.1. The van der Waals surface area contributed by atoms with Gasteiger partial charge in [-0.3, -0.25) is 4.31 Å². The van der Waals surface area contributed by atoms with E-state index in [0.29, 0.717) is 26.6 Å². The largest absolute Gasteiger partial charge is 0.493 e. The van der Waals surface area contributed by atoms with E-state index in [9.17, 15) is 8.42 Å². The summed E-state index contributed by atoms with van der Waals surface area (Å²) in [6.07, 6.45) is 0. The van der Waals surface area contributed by atoms with Crippen LogP contribution in [-0.2, 0) is 16.6 Å². The number of halogens is 1. The van der Waals surface area contributed by atoms with E-state index in [1.54, 1.807) is 32.4 Å². The summed E-state index contributed by atoms with van der Waals surface area (Å²) in [5, 5.41) is 1.68. The molecule has 1 heterocycles. The molecule has 0 aliphatic carbocycles. The van der Waals surface area contributed by atoms with Crippen LogP contribution in [0, 0.1) is 0 Å². The Balaban J connectivity index is 1.85. The van der Waals surface area contributed by atoms with Gasteiger partial charge in [-0.15, -0.1) is 0 Å². The Labute approximate surface area is 160 Å². The number of hydrogen-bond donors (Lipinski definition) is 0. The Bertz CT molecular complexity index is 1120. The molecule has 4 rings (SSSR count). The molecule has 0 N–H and O–H groups in total. The average Bonchev–Trinajstić information content (AvgIpc) is 2.86. The van der Waals surface area contributed by atoms with Crippen LogP contribution in [0.4, 0.5) is 5.69 Å². The monoisotopic (exact) mass is 433 g/mol. The molecule has 7 heteroatoms. The lowest BCUT2D eigenvalue weighted by atomic mass is 10.1. The molecule has 0 saturated heterocycles. The number of hydrogen-bond acceptors (Lipinski definition) is 4. The van der Waals surface area contributed by atoms with Crippen LogP contribution < -0.4 is 13.8 Å². The number of methoxy groups -OCH3 is 2. The Hall–Kier alpha value is -2.25. The van der Waals surface area contributed by atoms with Crippen LogP contribution in [0.15, 0.2) is 57.9 Å². The van der Waals surface area contributed by atoms with E-state index in [4.69, 9.17) is 9.47 Å². The van der Waals surface area contributed by atoms with E-state index in [-0.39, 0.29) is 6.54 Å². The molecule has 0 aromatic heterocycles. The second kappa shape index (κ2) is 6.17. The van der Waals surface area contributed by atoms with Gasteiger partial charge >= 0.3 is 0 Å². The molecular weight excluding hydrogens is 418 g/mol. The zero-order valence-corrected chi connectivity index (χ0v) is 16.6. The highest BCUT2D eigenvalue weighted by molar-refractivity contribution is 9.10. The van der Waals surface area contributed by atoms with Crippen molar-refractivity contribution in [2.24, 2.45) is 0 Å². The molecule has 5 nitrogen and oxygen atoms in total. The first-order chi connectivity index (χ1) is 12.5. The summed E-state index contributed by atoms with van der Waals surface area (Å²) in [4.78, 5) is 0.349. The van der Waals surface area contributed by atoms with Crippen LogP contribution in [0.3, 0.4) is 0 Å². The first-order valence-corrected chi connectivity index (χ1v) is 10.2. The minimum absolute atomic E-state index is 0.192. The molecule has 0 radical (unpaired) electrons. The van der Waals surface area contributed by atoms with E-state index < -0.39 is 10.0 Å². The Morgan fingerprint density at radius 3 is 2.42 bits per heavy atom. The third kappa shape index (κ3) is 2.38. The van der Waals surface area contributed by atoms with Crippen LogP contribution in [0.2, 0.25) is 0 Å². The molecule has 0 fully saturated rings. The Morgan fingerprint density at radius 2 is 1.73 bits per heavy atom. The van der Waals surface area contributed by atoms with Gasteiger partial charge in [-0.25, -0.2) is 8.42 Å². The van der Waals surface area contributed by atoms with Crippen LogP contribution in [-0.4, -0.2) is 22.6 Å². The van der Waals surface area contributed by atoms with Gasteiger partial charge in [0.05, 0.1) is 35.8 Å². The minimum Gasteiger partial charge on any atom is -0.493 e. The summed E-state index contributed by atoms with van der Waals surface area (Å²) in [5.41, 5.74) is 1.48. The van der Waals surface area contributed by atoms with E-state index in [1.165, 1.54) is 4.31 Å². The normalized spacial score (nSPS) is 14.7. The Morgan fingerprint density at radius 1 is 1.00 bits per heavy atom. The molecule has 0 amide bonds. The van der Waals surface area contributed by atoms with Gasteiger partial charge in [-0.2, -0.15) is 0 Å². The third-order valence-corrected chi connectivity index (χ3v) is 7.23. The lowest BCUT2D eigenvalue weighted by Crippen LogP contribution is -2.26. The fourth-order valence-electron chi connectivity index (χ4n) is 3.34. The number of ether oxygens (including phenoxy) is 2. The number of anilines is 1. The quantitative estimate of drug-likeness (QED) is 0.614. The summed E-state index contributed by atoms with van der Waals surface area (Å²) in [5.74, 6) is 1.12. The fraction of sp³-hybridized carbons (Fsp3) is 0.158. The van der Waals surface area contributed by atoms with Crippen molar-refractivity contribution in [3.63, 3.8) is 0 Å². The zero-order valence-electron chi connectivity index (χ0n) is 14.2. The molecule has 26 heavy (non-hydrogen) atoms. The summed E-state index contributed by atoms with van der Waals surface area (Å²) in [7, 11) is -0.495. The predicted octanol–water partition coefficient (Wildman–Crippen LogP) is 4.33. The maximum absolute atomic E-state index is 13.1. The lowest BCUT2D eigenvalue weighted by molar-refractivity contribution is 0.352. The SMILES string of the molecule is COc1ccc(CN2c3cccc4cccc(c34)S2(=O)=O)c(Br)c1OC. The zero-order chi connectivity index (χ0) is 18.5. The first-order valence-electron chi connectivity index (χ1n) is 7.93. The van der Waals surface area contributed by atoms with E-state index in [2.05, 4.69) is 15.9 Å². The predicted molar refractivity (Wildman–Crippen MR) is 105 cm³/mol. The van der Waals surface area contributed by atoms with Crippen LogP contribution in [0.25, 0.3) is 10.8 Å². The summed E-state index contributed by atoms with van der Waals surface area (Å²) >= 11 is 3.52. The van der Waals surface area contributed by atoms with Crippen LogP contribution in [0.5, 0.6) is 11.5 Å². The van der Waals surface area contributed by atoms with Gasteiger partial charge in [0.1, 0.15) is 0 Å². The Kier molecular flexibility index (Phi) is 4.08. The number of benzene rings is 3. The van der Waals surface area contributed by atoms with Gasteiger partial charge in [0.25, 0.3) is 10.0 Å². The number of rotatable bonds is 4. The van der Waals surface area contributed by atoms with Gasteiger partial charge in [-0.1, -0.05) is 30.3 Å². The standard InChI is InChI=1S/C19H16BrNO4S/c1-24-15-10-9-13(18(20)19(15)25-2)11-21-14-7-3-5-12-6-4-8-16(17(12)14)26(21,22)23/h3-10H,11H2,1-2H3. The molecule has 0 unspecified atom stereocenters. The molecule has 0 spiro atoms. The summed E-state index contributed by atoms with van der Waals surface area (Å²) < 4.78 is 39.0. The molecular formula is C19H16BrNO4S. The third-order valence-electron chi connectivity index (χ3n) is 4.56. The summed E-state index contributed by atoms with van der Waals surface area (Å²) in [6, 6.07) is 14.6. The molecule has 134 valence electrons. The topological polar surface area (TPSA) is 55.8 Å². The van der Waals surface area contributed by atoms with Crippen LogP contribution >= 0.6 is 15.9 Å². The van der Waals surface area contributed by atoms with Crippen molar-refractivity contribution in [3.8, 4) is 11.5 Å². The van der Waals surface area contributed by atoms with Crippen molar-refractivity contribution in [2.45, 2.75) is 11.4 Å². The van der Waals surface area contributed by atoms with Gasteiger partial charge in [0, 0.05) is 5.39 Å². The second-order valence-electron chi connectivity index (χ2n) is 5.92. The molecule has 0 atom stereocenters. The fourth-order valence-corrected chi connectivity index (χ4v) is 5.64. The van der Waals surface area contributed by atoms with Crippen molar-refractivity contribution in [3.05, 3.63) is 58.6 Å². The molecule has 0 saturated carbocycles. The average molecular weight is 434 g/mol. The number of nitrogens with zero attached hydrogens (tertiary/aromatic N) is 1. The highest BCUT2D eigenvalue weighted by atomic mass is 79.9.